The third-order valence-corrected chi connectivity index (χ3v) is 9.45. The van der Waals surface area contributed by atoms with Gasteiger partial charge in [-0.1, -0.05) is 103 Å². The normalized spacial score (nSPS) is 17.8. The molecule has 4 atom stereocenters. The van der Waals surface area contributed by atoms with Gasteiger partial charge < -0.3 is 19.7 Å². The molecule has 2 N–H and O–H groups in total. The minimum atomic E-state index is -1.40. The van der Waals surface area contributed by atoms with Crippen LogP contribution in [-0.4, -0.2) is 27.8 Å². The van der Waals surface area contributed by atoms with Gasteiger partial charge in [-0.2, -0.15) is 0 Å². The maximum absolute atomic E-state index is 11.1. The van der Waals surface area contributed by atoms with Crippen LogP contribution in [0.15, 0.2) is 30.3 Å². The Morgan fingerprint density at radius 3 is 1.98 bits per heavy atom. The molecule has 3 unspecified atom stereocenters. The van der Waals surface area contributed by atoms with E-state index in [4.69, 9.17) is 4.74 Å². The lowest BCUT2D eigenvalue weighted by molar-refractivity contribution is -0.164. The summed E-state index contributed by atoms with van der Waals surface area (Å²) >= 11 is 0. The van der Waals surface area contributed by atoms with Crippen LogP contribution in [0.2, 0.25) is 0 Å². The number of hydrogen-bond donors (Lipinski definition) is 2. The summed E-state index contributed by atoms with van der Waals surface area (Å²) in [5.41, 5.74) is 4.63. The molecule has 0 amide bonds. The van der Waals surface area contributed by atoms with Crippen LogP contribution in [0.25, 0.3) is 0 Å². The van der Waals surface area contributed by atoms with Crippen molar-refractivity contribution in [3.63, 3.8) is 0 Å². The number of ether oxygens (including phenoxy) is 2. The highest BCUT2D eigenvalue weighted by atomic mass is 16.6. The van der Waals surface area contributed by atoms with Gasteiger partial charge in [0.05, 0.1) is 0 Å². The Morgan fingerprint density at radius 2 is 1.42 bits per heavy atom. The van der Waals surface area contributed by atoms with Gasteiger partial charge in [0, 0.05) is 12.5 Å². The van der Waals surface area contributed by atoms with Crippen LogP contribution in [-0.2, 0) is 20.7 Å². The molecule has 2 aromatic carbocycles. The Labute approximate surface area is 272 Å². The Morgan fingerprint density at radius 1 is 0.867 bits per heavy atom. The zero-order valence-electron chi connectivity index (χ0n) is 29.5. The summed E-state index contributed by atoms with van der Waals surface area (Å²) in [6.07, 6.45) is 12.7. The molecule has 0 bridgehead atoms. The van der Waals surface area contributed by atoms with Crippen molar-refractivity contribution >= 4 is 11.9 Å². The highest BCUT2D eigenvalue weighted by Crippen LogP contribution is 2.44. The van der Waals surface area contributed by atoms with Gasteiger partial charge in [0.25, 0.3) is 0 Å². The lowest BCUT2D eigenvalue weighted by atomic mass is 9.84. The van der Waals surface area contributed by atoms with Gasteiger partial charge in [-0.3, -0.25) is 4.79 Å². The SMILES string of the molecule is CC(=O)OC(=O)C(O)c1ccccc1.Cc1c(C)c2c(c(C)c1O)CC[C@@](C)(CCCC(C)CCCC(C)CCCC(C)C)O2. The first-order chi connectivity index (χ1) is 21.1. The number of aliphatic hydroxyl groups excluding tert-OH is 1. The molecule has 0 fully saturated rings. The fourth-order valence-electron chi connectivity index (χ4n) is 6.24. The van der Waals surface area contributed by atoms with Crippen molar-refractivity contribution in [2.75, 3.05) is 0 Å². The molecule has 0 saturated heterocycles. The fourth-order valence-corrected chi connectivity index (χ4v) is 6.24. The van der Waals surface area contributed by atoms with Gasteiger partial charge in [0.2, 0.25) is 0 Å². The van der Waals surface area contributed by atoms with Crippen molar-refractivity contribution in [2.45, 2.75) is 145 Å². The molecule has 0 aromatic heterocycles. The zero-order valence-corrected chi connectivity index (χ0v) is 29.5. The fraction of sp³-hybridized carbons (Fsp3) is 0.641. The third kappa shape index (κ3) is 12.5. The molecule has 1 aliphatic heterocycles. The number of rotatable bonds is 14. The lowest BCUT2D eigenvalue weighted by Crippen LogP contribution is -2.37. The summed E-state index contributed by atoms with van der Waals surface area (Å²) in [4.78, 5) is 21.5. The third-order valence-electron chi connectivity index (χ3n) is 9.45. The van der Waals surface area contributed by atoms with Crippen LogP contribution >= 0.6 is 0 Å². The van der Waals surface area contributed by atoms with Gasteiger partial charge in [0.15, 0.2) is 6.10 Å². The van der Waals surface area contributed by atoms with Crippen LogP contribution in [0.1, 0.15) is 140 Å². The highest BCUT2D eigenvalue weighted by Gasteiger charge is 2.34. The maximum atomic E-state index is 11.1. The van der Waals surface area contributed by atoms with Crippen molar-refractivity contribution in [1.82, 2.24) is 0 Å². The topological polar surface area (TPSA) is 93.1 Å². The first kappa shape index (κ1) is 38.3. The van der Waals surface area contributed by atoms with Crippen LogP contribution in [0.5, 0.6) is 11.5 Å². The molecule has 252 valence electrons. The molecule has 1 aliphatic rings. The summed E-state index contributed by atoms with van der Waals surface area (Å²) in [6, 6.07) is 8.27. The summed E-state index contributed by atoms with van der Waals surface area (Å²) in [7, 11) is 0. The molecular weight excluding hydrogens is 564 g/mol. The quantitative estimate of drug-likeness (QED) is 0.161. The second-order valence-corrected chi connectivity index (χ2v) is 14.2. The van der Waals surface area contributed by atoms with Crippen LogP contribution in [0.4, 0.5) is 0 Å². The number of carbonyl (C=O) groups excluding carboxylic acids is 2. The number of fused-ring (bicyclic) bond motifs is 1. The Hall–Kier alpha value is -2.86. The van der Waals surface area contributed by atoms with E-state index in [-0.39, 0.29) is 5.60 Å². The Kier molecular flexibility index (Phi) is 15.6. The van der Waals surface area contributed by atoms with Crippen molar-refractivity contribution in [2.24, 2.45) is 17.8 Å². The van der Waals surface area contributed by atoms with Gasteiger partial charge in [0.1, 0.15) is 17.1 Å². The monoisotopic (exact) mass is 624 g/mol. The van der Waals surface area contributed by atoms with Crippen LogP contribution in [0, 0.1) is 38.5 Å². The van der Waals surface area contributed by atoms with E-state index in [1.54, 1.807) is 30.3 Å². The molecule has 0 radical (unpaired) electrons. The molecule has 3 rings (SSSR count). The van der Waals surface area contributed by atoms with Crippen molar-refractivity contribution in [3.8, 4) is 11.5 Å². The molecule has 6 nitrogen and oxygen atoms in total. The van der Waals surface area contributed by atoms with Gasteiger partial charge in [-0.15, -0.1) is 0 Å². The predicted octanol–water partition coefficient (Wildman–Crippen LogP) is 9.65. The van der Waals surface area contributed by atoms with E-state index in [1.165, 1.54) is 56.9 Å². The maximum Gasteiger partial charge on any atom is 0.347 e. The molecular formula is C39H60O6. The van der Waals surface area contributed by atoms with Crippen molar-refractivity contribution in [3.05, 3.63) is 58.1 Å². The van der Waals surface area contributed by atoms with E-state index in [9.17, 15) is 19.8 Å². The second-order valence-electron chi connectivity index (χ2n) is 14.2. The number of phenolic OH excluding ortho intramolecular Hbond substituents is 1. The van der Waals surface area contributed by atoms with E-state index in [0.717, 1.165) is 66.4 Å². The molecule has 0 saturated carbocycles. The molecule has 6 heteroatoms. The first-order valence-electron chi connectivity index (χ1n) is 17.1. The summed E-state index contributed by atoms with van der Waals surface area (Å²) in [5, 5.41) is 19.8. The van der Waals surface area contributed by atoms with Gasteiger partial charge >= 0.3 is 11.9 Å². The number of aliphatic hydroxyl groups is 1. The summed E-state index contributed by atoms with van der Waals surface area (Å²) in [6.45, 7) is 19.0. The average Bonchev–Trinajstić information content (AvgIpc) is 2.98. The molecule has 45 heavy (non-hydrogen) atoms. The van der Waals surface area contributed by atoms with Crippen LogP contribution < -0.4 is 4.74 Å². The first-order valence-corrected chi connectivity index (χ1v) is 17.1. The number of benzene rings is 2. The molecule has 0 spiro atoms. The van der Waals surface area contributed by atoms with Crippen LogP contribution in [0.3, 0.4) is 0 Å². The number of carbonyl (C=O) groups is 2. The predicted molar refractivity (Wildman–Crippen MR) is 183 cm³/mol. The lowest BCUT2D eigenvalue weighted by Gasteiger charge is -2.38. The van der Waals surface area contributed by atoms with Gasteiger partial charge in [-0.05, 0) is 93.4 Å². The minimum absolute atomic E-state index is 0.0712. The number of aromatic hydroxyl groups is 1. The van der Waals surface area contributed by atoms with E-state index in [0.29, 0.717) is 11.3 Å². The number of hydrogen-bond acceptors (Lipinski definition) is 6. The largest absolute Gasteiger partial charge is 0.507 e. The van der Waals surface area contributed by atoms with E-state index < -0.39 is 18.0 Å². The summed E-state index contributed by atoms with van der Waals surface area (Å²) in [5.74, 6) is 2.35. The number of phenols is 1. The zero-order chi connectivity index (χ0) is 33.7. The van der Waals surface area contributed by atoms with E-state index in [2.05, 4.69) is 46.3 Å². The summed E-state index contributed by atoms with van der Waals surface area (Å²) < 4.78 is 10.8. The molecule has 1 heterocycles. The number of esters is 2. The molecule has 2 aromatic rings. The molecule has 0 aliphatic carbocycles. The Balaban J connectivity index is 0.000000420. The standard InChI is InChI=1S/C29H50O2.C10H10O4/c1-20(2)12-9-13-21(3)14-10-15-22(4)16-11-18-29(8)19-17-26-25(7)27(30)23(5)24(6)28(26)31-29;1-7(11)14-10(13)9(12)8-5-3-2-4-6-8/h20-22,30H,9-19H2,1-8H3;2-6,9,12H,1H3/t21?,22?,29-;/m1./s1. The minimum Gasteiger partial charge on any atom is -0.507 e. The van der Waals surface area contributed by atoms with E-state index >= 15 is 0 Å². The van der Waals surface area contributed by atoms with Crippen molar-refractivity contribution in [1.29, 1.82) is 0 Å². The van der Waals surface area contributed by atoms with Gasteiger partial charge in [-0.25, -0.2) is 4.79 Å². The highest BCUT2D eigenvalue weighted by molar-refractivity contribution is 5.87. The smallest absolute Gasteiger partial charge is 0.347 e. The Bertz CT molecular complexity index is 1220. The van der Waals surface area contributed by atoms with Crippen molar-refractivity contribution < 1.29 is 29.3 Å². The second kappa shape index (κ2) is 18.3. The van der Waals surface area contributed by atoms with E-state index in [1.807, 2.05) is 13.8 Å². The average molecular weight is 625 g/mol.